The maximum absolute atomic E-state index is 13.6. The molecule has 1 aromatic rings. The molecule has 5 N–H and O–H groups in total. The lowest BCUT2D eigenvalue weighted by molar-refractivity contribution is -0.141. The zero-order valence-electron chi connectivity index (χ0n) is 20.4. The SMILES string of the molecule is CCCC[C@H](NC(=O)C1(NC(=O)c2ccc(O)c(O)c2)CCCCC1)C(=O)C(=O)NC1CCCC1. The largest absolute Gasteiger partial charge is 0.504 e. The van der Waals surface area contributed by atoms with Gasteiger partial charge in [0.2, 0.25) is 11.7 Å². The van der Waals surface area contributed by atoms with Crippen molar-refractivity contribution < 1.29 is 29.4 Å². The quantitative estimate of drug-likeness (QED) is 0.253. The number of carbonyl (C=O) groups is 4. The molecule has 0 radical (unpaired) electrons. The number of phenols is 2. The van der Waals surface area contributed by atoms with Crippen molar-refractivity contribution in [2.24, 2.45) is 0 Å². The third-order valence-electron chi connectivity index (χ3n) is 7.11. The van der Waals surface area contributed by atoms with E-state index in [0.29, 0.717) is 25.7 Å². The first kappa shape index (κ1) is 26.5. The molecule has 0 heterocycles. The van der Waals surface area contributed by atoms with Crippen molar-refractivity contribution >= 4 is 23.5 Å². The molecule has 0 aliphatic heterocycles. The van der Waals surface area contributed by atoms with Gasteiger partial charge in [-0.25, -0.2) is 0 Å². The van der Waals surface area contributed by atoms with Gasteiger partial charge in [-0.1, -0.05) is 51.9 Å². The molecular formula is C26H37N3O6. The van der Waals surface area contributed by atoms with Crippen molar-refractivity contribution in [1.82, 2.24) is 16.0 Å². The maximum atomic E-state index is 13.6. The number of aromatic hydroxyl groups is 2. The molecule has 3 amide bonds. The van der Waals surface area contributed by atoms with Crippen molar-refractivity contribution in [2.45, 2.75) is 102 Å². The Labute approximate surface area is 206 Å². The van der Waals surface area contributed by atoms with Crippen LogP contribution in [0.25, 0.3) is 0 Å². The normalized spacial score (nSPS) is 18.4. The summed E-state index contributed by atoms with van der Waals surface area (Å²) in [5.41, 5.74) is -1.12. The van der Waals surface area contributed by atoms with Crippen LogP contribution >= 0.6 is 0 Å². The molecule has 2 fully saturated rings. The highest BCUT2D eigenvalue weighted by Crippen LogP contribution is 2.30. The number of hydrogen-bond donors (Lipinski definition) is 5. The fraction of sp³-hybridized carbons (Fsp3) is 0.615. The first-order valence-electron chi connectivity index (χ1n) is 12.8. The number of hydrogen-bond acceptors (Lipinski definition) is 6. The third-order valence-corrected chi connectivity index (χ3v) is 7.11. The molecule has 2 aliphatic rings. The Balaban J connectivity index is 1.75. The first-order valence-corrected chi connectivity index (χ1v) is 12.8. The Morgan fingerprint density at radius 3 is 2.31 bits per heavy atom. The summed E-state index contributed by atoms with van der Waals surface area (Å²) in [6.07, 6.45) is 8.74. The van der Waals surface area contributed by atoms with E-state index in [9.17, 15) is 29.4 Å². The number of ketones is 1. The fourth-order valence-corrected chi connectivity index (χ4v) is 4.98. The number of nitrogens with one attached hydrogen (secondary N) is 3. The molecule has 192 valence electrons. The van der Waals surface area contributed by atoms with Gasteiger partial charge in [0.05, 0.1) is 6.04 Å². The summed E-state index contributed by atoms with van der Waals surface area (Å²) in [5.74, 6) is -3.14. The zero-order valence-corrected chi connectivity index (χ0v) is 20.4. The Morgan fingerprint density at radius 2 is 1.69 bits per heavy atom. The molecule has 9 heteroatoms. The summed E-state index contributed by atoms with van der Waals surface area (Å²) >= 11 is 0. The number of phenolic OH excluding ortho intramolecular Hbond substituents is 2. The number of rotatable bonds is 10. The molecule has 0 spiro atoms. The molecule has 35 heavy (non-hydrogen) atoms. The van der Waals surface area contributed by atoms with Gasteiger partial charge in [-0.15, -0.1) is 0 Å². The van der Waals surface area contributed by atoms with Crippen LogP contribution in [0.1, 0.15) is 94.3 Å². The monoisotopic (exact) mass is 487 g/mol. The van der Waals surface area contributed by atoms with Gasteiger partial charge in [0.25, 0.3) is 11.8 Å². The van der Waals surface area contributed by atoms with Crippen molar-refractivity contribution in [3.05, 3.63) is 23.8 Å². The van der Waals surface area contributed by atoms with Crippen molar-refractivity contribution in [2.75, 3.05) is 0 Å². The maximum Gasteiger partial charge on any atom is 0.289 e. The van der Waals surface area contributed by atoms with Crippen molar-refractivity contribution in [3.63, 3.8) is 0 Å². The van der Waals surface area contributed by atoms with Crippen LogP contribution in [0.15, 0.2) is 18.2 Å². The second kappa shape index (κ2) is 12.0. The van der Waals surface area contributed by atoms with Crippen LogP contribution in [0.3, 0.4) is 0 Å². The standard InChI is InChI=1S/C26H37N3O6/c1-2-3-11-19(22(32)24(34)27-18-9-5-6-10-18)28-25(35)26(14-7-4-8-15-26)29-23(33)17-12-13-20(30)21(31)16-17/h12-13,16,18-19,30-31H,2-11,14-15H2,1H3,(H,27,34)(H,28,35)(H,29,33)/t19-/m0/s1. The molecule has 2 aliphatic carbocycles. The molecule has 0 bridgehead atoms. The predicted octanol–water partition coefficient (Wildman–Crippen LogP) is 2.83. The Hall–Kier alpha value is -3.10. The van der Waals surface area contributed by atoms with Crippen LogP contribution in [0.5, 0.6) is 11.5 Å². The molecule has 0 unspecified atom stereocenters. The number of amides is 3. The summed E-state index contributed by atoms with van der Waals surface area (Å²) in [7, 11) is 0. The minimum Gasteiger partial charge on any atom is -0.504 e. The zero-order chi connectivity index (χ0) is 25.4. The van der Waals surface area contributed by atoms with Crippen LogP contribution in [0, 0.1) is 0 Å². The second-order valence-electron chi connectivity index (χ2n) is 9.79. The van der Waals surface area contributed by atoms with E-state index in [1.165, 1.54) is 12.1 Å². The molecule has 9 nitrogen and oxygen atoms in total. The summed E-state index contributed by atoms with van der Waals surface area (Å²) in [6.45, 7) is 1.97. The number of Topliss-reactive ketones (excluding diaryl/α,β-unsaturated/α-hetero) is 1. The first-order chi connectivity index (χ1) is 16.8. The minimum absolute atomic E-state index is 0.000299. The molecule has 0 saturated heterocycles. The van der Waals surface area contributed by atoms with E-state index in [-0.39, 0.29) is 17.4 Å². The Bertz CT molecular complexity index is 935. The van der Waals surface area contributed by atoms with Gasteiger partial charge in [0.15, 0.2) is 11.5 Å². The third kappa shape index (κ3) is 6.74. The lowest BCUT2D eigenvalue weighted by Crippen LogP contribution is -2.62. The summed E-state index contributed by atoms with van der Waals surface area (Å²) in [4.78, 5) is 52.2. The van der Waals surface area contributed by atoms with Gasteiger partial charge in [-0.3, -0.25) is 19.2 Å². The van der Waals surface area contributed by atoms with Crippen LogP contribution < -0.4 is 16.0 Å². The van der Waals surface area contributed by atoms with Crippen LogP contribution in [0.2, 0.25) is 0 Å². The fourth-order valence-electron chi connectivity index (χ4n) is 4.98. The lowest BCUT2D eigenvalue weighted by Gasteiger charge is -2.37. The molecule has 1 atom stereocenters. The number of unbranched alkanes of at least 4 members (excludes halogenated alkanes) is 1. The summed E-state index contributed by atoms with van der Waals surface area (Å²) < 4.78 is 0. The van der Waals surface area contributed by atoms with Crippen molar-refractivity contribution in [1.29, 1.82) is 0 Å². The van der Waals surface area contributed by atoms with Gasteiger partial charge in [0, 0.05) is 11.6 Å². The molecular weight excluding hydrogens is 450 g/mol. The minimum atomic E-state index is -1.23. The van der Waals surface area contributed by atoms with Crippen molar-refractivity contribution in [3.8, 4) is 11.5 Å². The summed E-state index contributed by atoms with van der Waals surface area (Å²) in [5, 5.41) is 27.7. The van der Waals surface area contributed by atoms with Crippen LogP contribution in [0.4, 0.5) is 0 Å². The van der Waals surface area contributed by atoms with Gasteiger partial charge >= 0.3 is 0 Å². The van der Waals surface area contributed by atoms with E-state index in [0.717, 1.165) is 57.4 Å². The topological polar surface area (TPSA) is 145 Å². The van der Waals surface area contributed by atoms with E-state index in [1.807, 2.05) is 6.92 Å². The summed E-state index contributed by atoms with van der Waals surface area (Å²) in [6, 6.07) is 2.75. The van der Waals surface area contributed by atoms with Gasteiger partial charge in [-0.05, 0) is 50.3 Å². The smallest absolute Gasteiger partial charge is 0.289 e. The van der Waals surface area contributed by atoms with E-state index in [2.05, 4.69) is 16.0 Å². The van der Waals surface area contributed by atoms with E-state index in [4.69, 9.17) is 0 Å². The van der Waals surface area contributed by atoms with Gasteiger partial charge in [-0.2, -0.15) is 0 Å². The molecule has 2 saturated carbocycles. The Kier molecular flexibility index (Phi) is 9.12. The van der Waals surface area contributed by atoms with Crippen LogP contribution in [-0.4, -0.2) is 51.3 Å². The lowest BCUT2D eigenvalue weighted by atomic mass is 9.80. The van der Waals surface area contributed by atoms with E-state index < -0.39 is 40.8 Å². The molecule has 0 aromatic heterocycles. The Morgan fingerprint density at radius 1 is 1.00 bits per heavy atom. The van der Waals surface area contributed by atoms with E-state index >= 15 is 0 Å². The van der Waals surface area contributed by atoms with Gasteiger partial charge < -0.3 is 26.2 Å². The van der Waals surface area contributed by atoms with Crippen LogP contribution in [-0.2, 0) is 14.4 Å². The second-order valence-corrected chi connectivity index (χ2v) is 9.79. The molecule has 3 rings (SSSR count). The van der Waals surface area contributed by atoms with E-state index in [1.54, 1.807) is 0 Å². The average Bonchev–Trinajstić information content (AvgIpc) is 3.36. The van der Waals surface area contributed by atoms with Gasteiger partial charge in [0.1, 0.15) is 5.54 Å². The highest BCUT2D eigenvalue weighted by Gasteiger charge is 2.43. The average molecular weight is 488 g/mol. The highest BCUT2D eigenvalue weighted by atomic mass is 16.3. The number of carbonyl (C=O) groups excluding carboxylic acids is 4. The predicted molar refractivity (Wildman–Crippen MR) is 130 cm³/mol. The number of benzene rings is 1. The highest BCUT2D eigenvalue weighted by molar-refractivity contribution is 6.38. The molecule has 1 aromatic carbocycles.